The molecule has 0 spiro atoms. The molecule has 1 aliphatic carbocycles. The molecule has 2 aliphatic heterocycles. The van der Waals surface area contributed by atoms with Crippen molar-refractivity contribution < 1.29 is 24.2 Å². The van der Waals surface area contributed by atoms with E-state index in [-0.39, 0.29) is 23.9 Å². The Labute approximate surface area is 155 Å². The summed E-state index contributed by atoms with van der Waals surface area (Å²) < 4.78 is 11.8. The van der Waals surface area contributed by atoms with Crippen LogP contribution >= 0.6 is 0 Å². The van der Waals surface area contributed by atoms with Gasteiger partial charge in [-0.2, -0.15) is 0 Å². The summed E-state index contributed by atoms with van der Waals surface area (Å²) in [6, 6.07) is 0. The Bertz CT molecular complexity index is 691. The maximum atomic E-state index is 12.4. The largest absolute Gasteiger partial charge is 0.491 e. The van der Waals surface area contributed by atoms with Gasteiger partial charge in [0, 0.05) is 12.3 Å². The zero-order valence-electron chi connectivity index (χ0n) is 16.4. The molecule has 0 saturated heterocycles. The molecule has 5 atom stereocenters. The van der Waals surface area contributed by atoms with Gasteiger partial charge in [0.25, 0.3) is 0 Å². The van der Waals surface area contributed by atoms with Crippen molar-refractivity contribution in [3.05, 3.63) is 24.0 Å². The SMILES string of the molecule is C=C[C@]1(C)[C@@H](C(C)(C)C(=O)O)CC[C@]2(C)OC3=C(C[C@@H]12)C(=O)O[C@H](C)C3. The Morgan fingerprint density at radius 1 is 1.35 bits per heavy atom. The average Bonchev–Trinajstić information content (AvgIpc) is 2.52. The van der Waals surface area contributed by atoms with Crippen LogP contribution in [0.1, 0.15) is 60.3 Å². The Morgan fingerprint density at radius 3 is 2.58 bits per heavy atom. The van der Waals surface area contributed by atoms with Gasteiger partial charge in [-0.05, 0) is 58.3 Å². The van der Waals surface area contributed by atoms with Crippen molar-refractivity contribution in [2.45, 2.75) is 72.0 Å². The number of aliphatic carboxylic acids is 1. The zero-order valence-corrected chi connectivity index (χ0v) is 16.4. The monoisotopic (exact) mass is 362 g/mol. The highest BCUT2D eigenvalue weighted by molar-refractivity contribution is 5.90. The van der Waals surface area contributed by atoms with E-state index in [4.69, 9.17) is 9.47 Å². The van der Waals surface area contributed by atoms with Gasteiger partial charge in [0.05, 0.1) is 11.0 Å². The highest BCUT2D eigenvalue weighted by Gasteiger charge is 2.61. The van der Waals surface area contributed by atoms with E-state index >= 15 is 0 Å². The van der Waals surface area contributed by atoms with Gasteiger partial charge in [0.1, 0.15) is 17.5 Å². The molecule has 0 radical (unpaired) electrons. The maximum Gasteiger partial charge on any atom is 0.337 e. The lowest BCUT2D eigenvalue weighted by molar-refractivity contribution is -0.180. The Kier molecular flexibility index (Phi) is 4.28. The zero-order chi connectivity index (χ0) is 19.5. The third-order valence-corrected chi connectivity index (χ3v) is 7.16. The molecule has 1 N–H and O–H groups in total. The number of carboxylic acids is 1. The second-order valence-corrected chi connectivity index (χ2v) is 9.18. The summed E-state index contributed by atoms with van der Waals surface area (Å²) in [6.07, 6.45) is 4.38. The Morgan fingerprint density at radius 2 is 2.00 bits per heavy atom. The second-order valence-electron chi connectivity index (χ2n) is 9.18. The van der Waals surface area contributed by atoms with Crippen LogP contribution in [0.5, 0.6) is 0 Å². The lowest BCUT2D eigenvalue weighted by Crippen LogP contribution is -2.59. The first kappa shape index (κ1) is 19.0. The second kappa shape index (κ2) is 5.86. The lowest BCUT2D eigenvalue weighted by Gasteiger charge is -2.59. The van der Waals surface area contributed by atoms with E-state index in [0.29, 0.717) is 18.4 Å². The molecule has 0 aromatic rings. The molecule has 1 fully saturated rings. The van der Waals surface area contributed by atoms with Crippen LogP contribution in [0.25, 0.3) is 0 Å². The molecular formula is C21H30O5. The minimum atomic E-state index is -0.888. The maximum absolute atomic E-state index is 12.4. The van der Waals surface area contributed by atoms with Gasteiger partial charge in [-0.15, -0.1) is 6.58 Å². The van der Waals surface area contributed by atoms with Crippen molar-refractivity contribution in [3.8, 4) is 0 Å². The van der Waals surface area contributed by atoms with E-state index in [1.165, 1.54) is 0 Å². The van der Waals surface area contributed by atoms with E-state index < -0.39 is 22.4 Å². The highest BCUT2D eigenvalue weighted by atomic mass is 16.6. The molecule has 5 nitrogen and oxygen atoms in total. The summed E-state index contributed by atoms with van der Waals surface area (Å²) in [6.45, 7) is 13.7. The Hall–Kier alpha value is -1.78. The lowest BCUT2D eigenvalue weighted by atomic mass is 9.48. The number of hydrogen-bond acceptors (Lipinski definition) is 4. The molecule has 3 aliphatic rings. The van der Waals surface area contributed by atoms with Crippen LogP contribution in [0.15, 0.2) is 24.0 Å². The number of esters is 1. The fraction of sp³-hybridized carbons (Fsp3) is 0.714. The van der Waals surface area contributed by atoms with Crippen molar-refractivity contribution in [1.29, 1.82) is 0 Å². The summed E-state index contributed by atoms with van der Waals surface area (Å²) in [5.41, 5.74) is -1.16. The van der Waals surface area contributed by atoms with E-state index in [9.17, 15) is 14.7 Å². The number of rotatable bonds is 3. The topological polar surface area (TPSA) is 72.8 Å². The summed E-state index contributed by atoms with van der Waals surface area (Å²) in [7, 11) is 0. The van der Waals surface area contributed by atoms with Crippen molar-refractivity contribution in [2.24, 2.45) is 22.7 Å². The Balaban J connectivity index is 2.05. The fourth-order valence-corrected chi connectivity index (χ4v) is 5.53. The van der Waals surface area contributed by atoms with Crippen LogP contribution in [0.3, 0.4) is 0 Å². The number of ether oxygens (including phenoxy) is 2. The van der Waals surface area contributed by atoms with Gasteiger partial charge >= 0.3 is 11.9 Å². The van der Waals surface area contributed by atoms with Crippen LogP contribution < -0.4 is 0 Å². The average molecular weight is 362 g/mol. The summed E-state index contributed by atoms with van der Waals surface area (Å²) >= 11 is 0. The van der Waals surface area contributed by atoms with Gasteiger partial charge < -0.3 is 14.6 Å². The fourth-order valence-electron chi connectivity index (χ4n) is 5.53. The summed E-state index contributed by atoms with van der Waals surface area (Å²) in [5.74, 6) is -0.458. The van der Waals surface area contributed by atoms with Gasteiger partial charge in [0.2, 0.25) is 0 Å². The van der Waals surface area contributed by atoms with Crippen molar-refractivity contribution in [1.82, 2.24) is 0 Å². The molecule has 0 bridgehead atoms. The van der Waals surface area contributed by atoms with E-state index in [1.807, 2.05) is 13.0 Å². The third kappa shape index (κ3) is 2.58. The van der Waals surface area contributed by atoms with Gasteiger partial charge in [0.15, 0.2) is 0 Å². The van der Waals surface area contributed by atoms with Crippen LogP contribution in [-0.2, 0) is 19.1 Å². The molecule has 5 heteroatoms. The van der Waals surface area contributed by atoms with E-state index in [2.05, 4.69) is 20.4 Å². The summed E-state index contributed by atoms with van der Waals surface area (Å²) in [4.78, 5) is 24.4. The van der Waals surface area contributed by atoms with E-state index in [1.54, 1.807) is 13.8 Å². The number of hydrogen-bond donors (Lipinski definition) is 1. The third-order valence-electron chi connectivity index (χ3n) is 7.16. The smallest absolute Gasteiger partial charge is 0.337 e. The molecule has 2 heterocycles. The predicted molar refractivity (Wildman–Crippen MR) is 97.2 cm³/mol. The quantitative estimate of drug-likeness (QED) is 0.605. The van der Waals surface area contributed by atoms with Crippen LogP contribution in [0.2, 0.25) is 0 Å². The van der Waals surface area contributed by atoms with Crippen LogP contribution in [0, 0.1) is 22.7 Å². The molecular weight excluding hydrogens is 332 g/mol. The number of carbonyl (C=O) groups is 2. The van der Waals surface area contributed by atoms with Crippen molar-refractivity contribution in [2.75, 3.05) is 0 Å². The number of carboxylic acid groups (broad SMARTS) is 1. The molecule has 0 aromatic carbocycles. The molecule has 0 unspecified atom stereocenters. The summed E-state index contributed by atoms with van der Waals surface area (Å²) in [5, 5.41) is 9.79. The minimum absolute atomic E-state index is 0.0235. The van der Waals surface area contributed by atoms with Crippen LogP contribution in [-0.4, -0.2) is 28.8 Å². The first-order chi connectivity index (χ1) is 12.0. The molecule has 144 valence electrons. The van der Waals surface area contributed by atoms with Gasteiger partial charge in [-0.1, -0.05) is 13.0 Å². The van der Waals surface area contributed by atoms with Crippen molar-refractivity contribution in [3.63, 3.8) is 0 Å². The number of allylic oxidation sites excluding steroid dienone is 1. The first-order valence-corrected chi connectivity index (χ1v) is 9.44. The number of cyclic esters (lactones) is 1. The highest BCUT2D eigenvalue weighted by Crippen LogP contribution is 2.61. The van der Waals surface area contributed by atoms with Gasteiger partial charge in [-0.25, -0.2) is 4.79 Å². The molecule has 0 amide bonds. The van der Waals surface area contributed by atoms with Crippen molar-refractivity contribution >= 4 is 11.9 Å². The molecule has 3 rings (SSSR count). The van der Waals surface area contributed by atoms with Crippen LogP contribution in [0.4, 0.5) is 0 Å². The molecule has 0 aromatic heterocycles. The standard InChI is InChI=1S/C21H30O5/c1-7-20(5)15(19(3,4)18(23)24)8-9-21(6)16(20)11-13-14(26-21)10-12(2)25-17(13)22/h7,12,15-16H,1,8-11H2,2-6H3,(H,23,24)/t12-,15-,16+,20-,21+/m1/s1. The molecule has 26 heavy (non-hydrogen) atoms. The normalized spacial score (nSPS) is 40.0. The minimum Gasteiger partial charge on any atom is -0.491 e. The predicted octanol–water partition coefficient (Wildman–Crippen LogP) is 4.08. The number of carbonyl (C=O) groups excluding carboxylic acids is 1. The van der Waals surface area contributed by atoms with Gasteiger partial charge in [-0.3, -0.25) is 4.79 Å². The first-order valence-electron chi connectivity index (χ1n) is 9.44. The van der Waals surface area contributed by atoms with E-state index in [0.717, 1.165) is 18.6 Å². The molecule has 1 saturated carbocycles. The number of fused-ring (bicyclic) bond motifs is 1.